The maximum absolute atomic E-state index is 12.2. The SMILES string of the molecule is CNCc1cc(S(=O)(=O)NCCCOCCOC)c(C)o1. The summed E-state index contributed by atoms with van der Waals surface area (Å²) in [6, 6.07) is 1.54. The molecular formula is C13H24N2O5S. The largest absolute Gasteiger partial charge is 0.464 e. The van der Waals surface area contributed by atoms with Crippen molar-refractivity contribution in [3.8, 4) is 0 Å². The van der Waals surface area contributed by atoms with Gasteiger partial charge in [-0.3, -0.25) is 0 Å². The van der Waals surface area contributed by atoms with E-state index < -0.39 is 10.0 Å². The standard InChI is InChI=1S/C13H24N2O5S/c1-11-13(9-12(20-11)10-14-2)21(16,17)15-5-4-6-19-8-7-18-3/h9,14-15H,4-8,10H2,1-3H3. The van der Waals surface area contributed by atoms with Crippen LogP contribution in [-0.4, -0.2) is 48.9 Å². The fourth-order valence-corrected chi connectivity index (χ4v) is 3.03. The van der Waals surface area contributed by atoms with E-state index in [4.69, 9.17) is 13.9 Å². The summed E-state index contributed by atoms with van der Waals surface area (Å²) < 4.78 is 42.4. The minimum absolute atomic E-state index is 0.188. The number of rotatable bonds is 11. The quantitative estimate of drug-likeness (QED) is 0.582. The van der Waals surface area contributed by atoms with Crippen LogP contribution in [0.15, 0.2) is 15.4 Å². The number of nitrogens with one attached hydrogen (secondary N) is 2. The van der Waals surface area contributed by atoms with E-state index in [1.165, 1.54) is 0 Å². The zero-order chi connectivity index (χ0) is 15.7. The average molecular weight is 320 g/mol. The molecule has 2 N–H and O–H groups in total. The van der Waals surface area contributed by atoms with E-state index in [0.29, 0.717) is 50.9 Å². The molecule has 21 heavy (non-hydrogen) atoms. The van der Waals surface area contributed by atoms with Crippen molar-refractivity contribution < 1.29 is 22.3 Å². The second kappa shape index (κ2) is 9.16. The summed E-state index contributed by atoms with van der Waals surface area (Å²) in [5, 5.41) is 2.92. The van der Waals surface area contributed by atoms with Crippen LogP contribution in [0.25, 0.3) is 0 Å². The van der Waals surface area contributed by atoms with Crippen molar-refractivity contribution in [2.45, 2.75) is 24.8 Å². The molecule has 0 aliphatic carbocycles. The lowest BCUT2D eigenvalue weighted by Gasteiger charge is -2.06. The fraction of sp³-hybridized carbons (Fsp3) is 0.692. The molecule has 0 fully saturated rings. The van der Waals surface area contributed by atoms with Gasteiger partial charge in [0.25, 0.3) is 0 Å². The lowest BCUT2D eigenvalue weighted by atomic mass is 10.4. The zero-order valence-electron chi connectivity index (χ0n) is 12.8. The van der Waals surface area contributed by atoms with E-state index in [1.54, 1.807) is 27.1 Å². The van der Waals surface area contributed by atoms with Crippen molar-refractivity contribution in [2.75, 3.05) is 40.5 Å². The summed E-state index contributed by atoms with van der Waals surface area (Å²) in [4.78, 5) is 0.188. The van der Waals surface area contributed by atoms with Crippen LogP contribution in [0, 0.1) is 6.92 Å². The number of sulfonamides is 1. The molecule has 0 saturated carbocycles. The molecule has 1 aromatic heterocycles. The van der Waals surface area contributed by atoms with E-state index in [1.807, 2.05) is 0 Å². The molecule has 0 saturated heterocycles. The van der Waals surface area contributed by atoms with Crippen LogP contribution in [0.2, 0.25) is 0 Å². The number of aryl methyl sites for hydroxylation is 1. The lowest BCUT2D eigenvalue weighted by Crippen LogP contribution is -2.26. The first-order chi connectivity index (χ1) is 10.0. The van der Waals surface area contributed by atoms with Gasteiger partial charge < -0.3 is 19.2 Å². The molecular weight excluding hydrogens is 296 g/mol. The van der Waals surface area contributed by atoms with Gasteiger partial charge in [-0.2, -0.15) is 0 Å². The second-order valence-corrected chi connectivity index (χ2v) is 6.26. The monoisotopic (exact) mass is 320 g/mol. The molecule has 0 atom stereocenters. The Morgan fingerprint density at radius 2 is 2.05 bits per heavy atom. The molecule has 1 heterocycles. The summed E-state index contributed by atoms with van der Waals surface area (Å²) in [6.45, 7) is 3.99. The predicted octanol–water partition coefficient (Wildman–Crippen LogP) is 0.639. The van der Waals surface area contributed by atoms with E-state index in [9.17, 15) is 8.42 Å². The smallest absolute Gasteiger partial charge is 0.244 e. The fourth-order valence-electron chi connectivity index (χ4n) is 1.76. The molecule has 0 spiro atoms. The van der Waals surface area contributed by atoms with Crippen LogP contribution in [0.5, 0.6) is 0 Å². The minimum atomic E-state index is -3.54. The van der Waals surface area contributed by atoms with E-state index in [2.05, 4.69) is 10.0 Å². The topological polar surface area (TPSA) is 89.8 Å². The van der Waals surface area contributed by atoms with Crippen molar-refractivity contribution in [1.82, 2.24) is 10.0 Å². The van der Waals surface area contributed by atoms with Gasteiger partial charge in [-0.05, 0) is 20.4 Å². The third-order valence-electron chi connectivity index (χ3n) is 2.75. The number of hydrogen-bond donors (Lipinski definition) is 2. The predicted molar refractivity (Wildman–Crippen MR) is 78.7 cm³/mol. The highest BCUT2D eigenvalue weighted by Gasteiger charge is 2.20. The Hall–Kier alpha value is -0.930. The second-order valence-electron chi connectivity index (χ2n) is 4.52. The molecule has 7 nitrogen and oxygen atoms in total. The lowest BCUT2D eigenvalue weighted by molar-refractivity contribution is 0.0699. The number of hydrogen-bond acceptors (Lipinski definition) is 6. The van der Waals surface area contributed by atoms with Gasteiger partial charge in [0.15, 0.2) is 0 Å². The van der Waals surface area contributed by atoms with Crippen LogP contribution in [-0.2, 0) is 26.0 Å². The molecule has 0 bridgehead atoms. The Bertz CT molecular complexity index is 513. The van der Waals surface area contributed by atoms with Gasteiger partial charge >= 0.3 is 0 Å². The van der Waals surface area contributed by atoms with Crippen LogP contribution in [0.4, 0.5) is 0 Å². The molecule has 0 aliphatic heterocycles. The van der Waals surface area contributed by atoms with Crippen molar-refractivity contribution >= 4 is 10.0 Å². The minimum Gasteiger partial charge on any atom is -0.464 e. The first-order valence-corrected chi connectivity index (χ1v) is 8.30. The summed E-state index contributed by atoms with van der Waals surface area (Å²) in [5.74, 6) is 0.988. The molecule has 122 valence electrons. The van der Waals surface area contributed by atoms with Crippen LogP contribution in [0.3, 0.4) is 0 Å². The maximum Gasteiger partial charge on any atom is 0.244 e. The van der Waals surface area contributed by atoms with Crippen molar-refractivity contribution in [3.63, 3.8) is 0 Å². The molecule has 0 unspecified atom stereocenters. The molecule has 0 amide bonds. The van der Waals surface area contributed by atoms with E-state index >= 15 is 0 Å². The van der Waals surface area contributed by atoms with E-state index in [-0.39, 0.29) is 4.90 Å². The number of furan rings is 1. The molecule has 0 aromatic carbocycles. The molecule has 8 heteroatoms. The average Bonchev–Trinajstić information content (AvgIpc) is 2.80. The highest BCUT2D eigenvalue weighted by molar-refractivity contribution is 7.89. The van der Waals surface area contributed by atoms with Crippen LogP contribution < -0.4 is 10.0 Å². The number of ether oxygens (including phenoxy) is 2. The van der Waals surface area contributed by atoms with Crippen LogP contribution >= 0.6 is 0 Å². The summed E-state index contributed by atoms with van der Waals surface area (Å²) >= 11 is 0. The normalized spacial score (nSPS) is 12.0. The third-order valence-corrected chi connectivity index (χ3v) is 4.32. The highest BCUT2D eigenvalue weighted by Crippen LogP contribution is 2.19. The molecule has 0 aliphatic rings. The van der Waals surface area contributed by atoms with Gasteiger partial charge in [0.05, 0.1) is 19.8 Å². The molecule has 1 rings (SSSR count). The van der Waals surface area contributed by atoms with Crippen LogP contribution in [0.1, 0.15) is 17.9 Å². The first-order valence-electron chi connectivity index (χ1n) is 6.81. The Morgan fingerprint density at radius 3 is 2.71 bits per heavy atom. The number of methoxy groups -OCH3 is 1. The summed E-state index contributed by atoms with van der Waals surface area (Å²) in [7, 11) is -0.162. The Labute approximate surface area is 126 Å². The Kier molecular flexibility index (Phi) is 7.91. The van der Waals surface area contributed by atoms with Gasteiger partial charge in [0, 0.05) is 26.3 Å². The van der Waals surface area contributed by atoms with Gasteiger partial charge in [-0.25, -0.2) is 13.1 Å². The van der Waals surface area contributed by atoms with Crippen molar-refractivity contribution in [3.05, 3.63) is 17.6 Å². The Morgan fingerprint density at radius 1 is 1.29 bits per heavy atom. The highest BCUT2D eigenvalue weighted by atomic mass is 32.2. The summed E-state index contributed by atoms with van der Waals surface area (Å²) in [6.07, 6.45) is 0.600. The van der Waals surface area contributed by atoms with Crippen molar-refractivity contribution in [1.29, 1.82) is 0 Å². The maximum atomic E-state index is 12.2. The van der Waals surface area contributed by atoms with Gasteiger partial charge in [-0.15, -0.1) is 0 Å². The van der Waals surface area contributed by atoms with Gasteiger partial charge in [-0.1, -0.05) is 0 Å². The third kappa shape index (κ3) is 6.15. The molecule has 0 radical (unpaired) electrons. The first kappa shape index (κ1) is 18.1. The van der Waals surface area contributed by atoms with Gasteiger partial charge in [0.1, 0.15) is 16.4 Å². The van der Waals surface area contributed by atoms with Gasteiger partial charge in [0.2, 0.25) is 10.0 Å². The van der Waals surface area contributed by atoms with Crippen molar-refractivity contribution in [2.24, 2.45) is 0 Å². The zero-order valence-corrected chi connectivity index (χ0v) is 13.6. The van der Waals surface area contributed by atoms with E-state index in [0.717, 1.165) is 0 Å². The Balaban J connectivity index is 2.43. The molecule has 1 aromatic rings. The summed E-state index contributed by atoms with van der Waals surface area (Å²) in [5.41, 5.74) is 0.